The highest BCUT2D eigenvalue weighted by Gasteiger charge is 2.34. The van der Waals surface area contributed by atoms with Crippen molar-refractivity contribution in [2.45, 2.75) is 44.9 Å². The Balaban J connectivity index is 2.30. The largest absolute Gasteiger partial charge is 0.479 e. The molecule has 0 aromatic carbocycles. The lowest BCUT2D eigenvalue weighted by atomic mass is 10.2. The third kappa shape index (κ3) is 4.33. The van der Waals surface area contributed by atoms with Crippen molar-refractivity contribution in [2.24, 2.45) is 0 Å². The van der Waals surface area contributed by atoms with Crippen molar-refractivity contribution in [1.82, 2.24) is 10.6 Å². The molecule has 1 aliphatic rings. The van der Waals surface area contributed by atoms with Gasteiger partial charge in [0.05, 0.1) is 6.54 Å². The Labute approximate surface area is 105 Å². The summed E-state index contributed by atoms with van der Waals surface area (Å²) in [6.07, 6.45) is -1.04. The standard InChI is InChI=1S/C11H18N2O5/c1-6(2)13-9(14)5-12-10(15)7-3-4-8(18-7)11(16)17/h6-8H,3-5H2,1-2H3,(H,12,15)(H,13,14)(H,16,17)/t7-,8+/m0/s1. The Morgan fingerprint density at radius 1 is 1.28 bits per heavy atom. The first kappa shape index (κ1) is 14.4. The van der Waals surface area contributed by atoms with Crippen molar-refractivity contribution in [3.8, 4) is 0 Å². The van der Waals surface area contributed by atoms with Crippen LogP contribution in [0.3, 0.4) is 0 Å². The zero-order valence-corrected chi connectivity index (χ0v) is 10.4. The van der Waals surface area contributed by atoms with Gasteiger partial charge < -0.3 is 20.5 Å². The van der Waals surface area contributed by atoms with Crippen LogP contribution in [0.25, 0.3) is 0 Å². The van der Waals surface area contributed by atoms with E-state index in [0.717, 1.165) is 0 Å². The van der Waals surface area contributed by atoms with E-state index in [1.807, 2.05) is 13.8 Å². The maximum Gasteiger partial charge on any atom is 0.332 e. The van der Waals surface area contributed by atoms with E-state index in [1.165, 1.54) is 0 Å². The normalized spacial score (nSPS) is 22.8. The Morgan fingerprint density at radius 3 is 2.39 bits per heavy atom. The lowest BCUT2D eigenvalue weighted by Crippen LogP contribution is -2.43. The molecule has 0 spiro atoms. The molecule has 0 aliphatic carbocycles. The first-order chi connectivity index (χ1) is 8.40. The number of aliphatic carboxylic acids is 1. The fraction of sp³-hybridized carbons (Fsp3) is 0.727. The summed E-state index contributed by atoms with van der Waals surface area (Å²) >= 11 is 0. The lowest BCUT2D eigenvalue weighted by molar-refractivity contribution is -0.152. The zero-order chi connectivity index (χ0) is 13.7. The molecule has 0 radical (unpaired) electrons. The summed E-state index contributed by atoms with van der Waals surface area (Å²) in [6.45, 7) is 3.50. The number of carboxylic acid groups (broad SMARTS) is 1. The molecule has 2 atom stereocenters. The number of nitrogens with one attached hydrogen (secondary N) is 2. The van der Waals surface area contributed by atoms with E-state index in [2.05, 4.69) is 10.6 Å². The van der Waals surface area contributed by atoms with E-state index in [0.29, 0.717) is 12.8 Å². The Kier molecular flexibility index (Phi) is 5.08. The molecule has 3 N–H and O–H groups in total. The number of hydrogen-bond acceptors (Lipinski definition) is 4. The third-order valence-corrected chi connectivity index (χ3v) is 2.46. The van der Waals surface area contributed by atoms with Gasteiger partial charge in [0.25, 0.3) is 0 Å². The van der Waals surface area contributed by atoms with Crippen LogP contribution < -0.4 is 10.6 Å². The second-order valence-corrected chi connectivity index (χ2v) is 4.47. The van der Waals surface area contributed by atoms with Gasteiger partial charge in [-0.15, -0.1) is 0 Å². The second kappa shape index (κ2) is 6.34. The molecule has 18 heavy (non-hydrogen) atoms. The van der Waals surface area contributed by atoms with E-state index in [-0.39, 0.29) is 18.5 Å². The first-order valence-corrected chi connectivity index (χ1v) is 5.85. The summed E-state index contributed by atoms with van der Waals surface area (Å²) in [4.78, 5) is 33.5. The maximum atomic E-state index is 11.6. The molecular formula is C11H18N2O5. The van der Waals surface area contributed by atoms with Crippen LogP contribution in [0, 0.1) is 0 Å². The van der Waals surface area contributed by atoms with Gasteiger partial charge in [-0.25, -0.2) is 4.79 Å². The predicted octanol–water partition coefficient (Wildman–Crippen LogP) is -0.741. The second-order valence-electron chi connectivity index (χ2n) is 4.47. The van der Waals surface area contributed by atoms with Crippen LogP contribution in [0.15, 0.2) is 0 Å². The molecule has 0 saturated carbocycles. The number of carboxylic acids is 1. The number of amides is 2. The maximum absolute atomic E-state index is 11.6. The molecule has 7 heteroatoms. The molecular weight excluding hydrogens is 240 g/mol. The van der Waals surface area contributed by atoms with Gasteiger partial charge in [-0.2, -0.15) is 0 Å². The van der Waals surface area contributed by atoms with Gasteiger partial charge >= 0.3 is 5.97 Å². The number of hydrogen-bond donors (Lipinski definition) is 3. The minimum absolute atomic E-state index is 0.00789. The van der Waals surface area contributed by atoms with Crippen molar-refractivity contribution < 1.29 is 24.2 Å². The van der Waals surface area contributed by atoms with Gasteiger partial charge in [-0.1, -0.05) is 0 Å². The quantitative estimate of drug-likeness (QED) is 0.602. The fourth-order valence-corrected chi connectivity index (χ4v) is 1.67. The van der Waals surface area contributed by atoms with Crippen LogP contribution in [0.2, 0.25) is 0 Å². The molecule has 0 aromatic heterocycles. The van der Waals surface area contributed by atoms with Crippen LogP contribution in [-0.2, 0) is 19.1 Å². The summed E-state index contributed by atoms with van der Waals surface area (Å²) in [7, 11) is 0. The minimum Gasteiger partial charge on any atom is -0.479 e. The van der Waals surface area contributed by atoms with Crippen LogP contribution >= 0.6 is 0 Å². The highest BCUT2D eigenvalue weighted by Crippen LogP contribution is 2.19. The molecule has 0 aromatic rings. The molecule has 1 aliphatic heterocycles. The van der Waals surface area contributed by atoms with Crippen LogP contribution in [0.5, 0.6) is 0 Å². The van der Waals surface area contributed by atoms with E-state index < -0.39 is 24.1 Å². The Hall–Kier alpha value is -1.63. The monoisotopic (exact) mass is 258 g/mol. The van der Waals surface area contributed by atoms with Crippen molar-refractivity contribution in [2.75, 3.05) is 6.54 Å². The molecule has 2 amide bonds. The number of carbonyl (C=O) groups excluding carboxylic acids is 2. The van der Waals surface area contributed by atoms with E-state index in [9.17, 15) is 14.4 Å². The van der Waals surface area contributed by atoms with Crippen molar-refractivity contribution in [3.63, 3.8) is 0 Å². The molecule has 1 saturated heterocycles. The molecule has 1 rings (SSSR count). The fourth-order valence-electron chi connectivity index (χ4n) is 1.67. The minimum atomic E-state index is -1.07. The average molecular weight is 258 g/mol. The van der Waals surface area contributed by atoms with Crippen LogP contribution in [-0.4, -0.2) is 47.7 Å². The van der Waals surface area contributed by atoms with E-state index in [1.54, 1.807) is 0 Å². The Morgan fingerprint density at radius 2 is 1.89 bits per heavy atom. The summed E-state index contributed by atoms with van der Waals surface area (Å²) in [5.41, 5.74) is 0. The molecule has 0 bridgehead atoms. The molecule has 1 heterocycles. The highest BCUT2D eigenvalue weighted by molar-refractivity contribution is 5.87. The highest BCUT2D eigenvalue weighted by atomic mass is 16.5. The Bertz CT molecular complexity index is 342. The topological polar surface area (TPSA) is 105 Å². The van der Waals surface area contributed by atoms with Crippen LogP contribution in [0.1, 0.15) is 26.7 Å². The van der Waals surface area contributed by atoms with Crippen molar-refractivity contribution in [3.05, 3.63) is 0 Å². The van der Waals surface area contributed by atoms with E-state index in [4.69, 9.17) is 9.84 Å². The van der Waals surface area contributed by atoms with Crippen molar-refractivity contribution in [1.29, 1.82) is 0 Å². The average Bonchev–Trinajstić information content (AvgIpc) is 2.74. The first-order valence-electron chi connectivity index (χ1n) is 5.85. The lowest BCUT2D eigenvalue weighted by Gasteiger charge is -2.12. The molecule has 7 nitrogen and oxygen atoms in total. The summed E-state index contributed by atoms with van der Waals surface area (Å²) in [5.74, 6) is -1.80. The number of ether oxygens (including phenoxy) is 1. The predicted molar refractivity (Wildman–Crippen MR) is 61.8 cm³/mol. The van der Waals surface area contributed by atoms with Gasteiger partial charge in [0.15, 0.2) is 6.10 Å². The molecule has 102 valence electrons. The zero-order valence-electron chi connectivity index (χ0n) is 10.4. The van der Waals surface area contributed by atoms with E-state index >= 15 is 0 Å². The van der Waals surface area contributed by atoms with Crippen molar-refractivity contribution >= 4 is 17.8 Å². The SMILES string of the molecule is CC(C)NC(=O)CNC(=O)[C@@H]1CC[C@H](C(=O)O)O1. The molecule has 0 unspecified atom stereocenters. The molecule has 1 fully saturated rings. The summed E-state index contributed by atoms with van der Waals surface area (Å²) < 4.78 is 5.05. The summed E-state index contributed by atoms with van der Waals surface area (Å²) in [5, 5.41) is 13.8. The van der Waals surface area contributed by atoms with Gasteiger partial charge in [-0.3, -0.25) is 9.59 Å². The number of carbonyl (C=O) groups is 3. The number of rotatable bonds is 5. The van der Waals surface area contributed by atoms with Gasteiger partial charge in [-0.05, 0) is 26.7 Å². The van der Waals surface area contributed by atoms with Gasteiger partial charge in [0, 0.05) is 6.04 Å². The third-order valence-electron chi connectivity index (χ3n) is 2.46. The smallest absolute Gasteiger partial charge is 0.332 e. The van der Waals surface area contributed by atoms with Crippen LogP contribution in [0.4, 0.5) is 0 Å². The van der Waals surface area contributed by atoms with Gasteiger partial charge in [0.1, 0.15) is 6.10 Å². The summed E-state index contributed by atoms with van der Waals surface area (Å²) in [6, 6.07) is 0.00789. The van der Waals surface area contributed by atoms with Gasteiger partial charge in [0.2, 0.25) is 11.8 Å².